The second-order valence-electron chi connectivity index (χ2n) is 6.22. The van der Waals surface area contributed by atoms with Gasteiger partial charge < -0.3 is 14.2 Å². The van der Waals surface area contributed by atoms with Crippen LogP contribution in [0.1, 0.15) is 63.2 Å². The van der Waals surface area contributed by atoms with Gasteiger partial charge in [-0.1, -0.05) is 19.3 Å². The third kappa shape index (κ3) is 5.64. The highest BCUT2D eigenvalue weighted by Gasteiger charge is 2.18. The van der Waals surface area contributed by atoms with E-state index in [0.29, 0.717) is 48.6 Å². The molecule has 26 heavy (non-hydrogen) atoms. The van der Waals surface area contributed by atoms with Crippen molar-refractivity contribution in [1.82, 2.24) is 5.43 Å². The standard InChI is InChI=1S/C20H30N2O4/c1-4-24-17-12-16(13-18(25-5-2)19(17)26-6-3)20(23)22-21-14-15-10-8-7-9-11-15/h12-15H,4-11H2,1-3H3,(H,22,23)/b21-14-. The number of ether oxygens (including phenoxy) is 3. The highest BCUT2D eigenvalue weighted by Crippen LogP contribution is 2.39. The van der Waals surface area contributed by atoms with Gasteiger partial charge in [0, 0.05) is 11.8 Å². The molecule has 1 saturated carbocycles. The number of rotatable bonds is 9. The van der Waals surface area contributed by atoms with Crippen molar-refractivity contribution < 1.29 is 19.0 Å². The molecule has 0 radical (unpaired) electrons. The fourth-order valence-corrected chi connectivity index (χ4v) is 3.07. The maximum Gasteiger partial charge on any atom is 0.271 e. The number of amides is 1. The number of hydrazone groups is 1. The van der Waals surface area contributed by atoms with Gasteiger partial charge in [0.15, 0.2) is 11.5 Å². The molecule has 0 unspecified atom stereocenters. The van der Waals surface area contributed by atoms with Crippen LogP contribution in [0.25, 0.3) is 0 Å². The Labute approximate surface area is 155 Å². The average molecular weight is 362 g/mol. The first-order valence-electron chi connectivity index (χ1n) is 9.59. The monoisotopic (exact) mass is 362 g/mol. The normalized spacial score (nSPS) is 15.0. The van der Waals surface area contributed by atoms with E-state index < -0.39 is 0 Å². The third-order valence-electron chi connectivity index (χ3n) is 4.27. The van der Waals surface area contributed by atoms with E-state index in [1.54, 1.807) is 12.1 Å². The topological polar surface area (TPSA) is 69.2 Å². The summed E-state index contributed by atoms with van der Waals surface area (Å²) in [7, 11) is 0. The van der Waals surface area contributed by atoms with Crippen molar-refractivity contribution in [2.45, 2.75) is 52.9 Å². The molecule has 1 aromatic rings. The van der Waals surface area contributed by atoms with E-state index >= 15 is 0 Å². The van der Waals surface area contributed by atoms with Crippen molar-refractivity contribution in [3.8, 4) is 17.2 Å². The van der Waals surface area contributed by atoms with Crippen molar-refractivity contribution in [3.05, 3.63) is 17.7 Å². The van der Waals surface area contributed by atoms with Gasteiger partial charge in [-0.25, -0.2) is 5.43 Å². The van der Waals surface area contributed by atoms with Crippen LogP contribution < -0.4 is 19.6 Å². The maximum atomic E-state index is 12.5. The molecule has 2 rings (SSSR count). The smallest absolute Gasteiger partial charge is 0.271 e. The number of nitrogens with zero attached hydrogens (tertiary/aromatic N) is 1. The van der Waals surface area contributed by atoms with E-state index in [0.717, 1.165) is 12.8 Å². The first-order chi connectivity index (χ1) is 12.7. The maximum absolute atomic E-state index is 12.5. The van der Waals surface area contributed by atoms with Crippen LogP contribution in [0.2, 0.25) is 0 Å². The van der Waals surface area contributed by atoms with Crippen molar-refractivity contribution in [2.75, 3.05) is 19.8 Å². The van der Waals surface area contributed by atoms with Crippen LogP contribution in [-0.2, 0) is 0 Å². The number of hydrogen-bond acceptors (Lipinski definition) is 5. The summed E-state index contributed by atoms with van der Waals surface area (Å²) < 4.78 is 16.9. The molecule has 1 amide bonds. The predicted molar refractivity (Wildman–Crippen MR) is 102 cm³/mol. The molecular formula is C20H30N2O4. The van der Waals surface area contributed by atoms with Gasteiger partial charge in [-0.3, -0.25) is 4.79 Å². The fraction of sp³-hybridized carbons (Fsp3) is 0.600. The van der Waals surface area contributed by atoms with Crippen molar-refractivity contribution in [3.63, 3.8) is 0 Å². The molecular weight excluding hydrogens is 332 g/mol. The van der Waals surface area contributed by atoms with E-state index in [9.17, 15) is 4.79 Å². The van der Waals surface area contributed by atoms with E-state index in [4.69, 9.17) is 14.2 Å². The predicted octanol–water partition coefficient (Wildman–Crippen LogP) is 4.18. The van der Waals surface area contributed by atoms with Crippen LogP contribution in [0, 0.1) is 5.92 Å². The average Bonchev–Trinajstić information content (AvgIpc) is 2.65. The van der Waals surface area contributed by atoms with Gasteiger partial charge in [0.25, 0.3) is 5.91 Å². The Hall–Kier alpha value is -2.24. The molecule has 0 bridgehead atoms. The molecule has 0 heterocycles. The van der Waals surface area contributed by atoms with Crippen molar-refractivity contribution >= 4 is 12.1 Å². The number of carbonyl (C=O) groups excluding carboxylic acids is 1. The summed E-state index contributed by atoms with van der Waals surface area (Å²) in [6.07, 6.45) is 7.91. The van der Waals surface area contributed by atoms with Crippen LogP contribution >= 0.6 is 0 Å². The Morgan fingerprint density at radius 3 is 2.15 bits per heavy atom. The Morgan fingerprint density at radius 1 is 1.04 bits per heavy atom. The summed E-state index contributed by atoms with van der Waals surface area (Å²) in [5.41, 5.74) is 3.05. The lowest BCUT2D eigenvalue weighted by Crippen LogP contribution is -2.19. The summed E-state index contributed by atoms with van der Waals surface area (Å²) in [6, 6.07) is 3.34. The minimum Gasteiger partial charge on any atom is -0.490 e. The molecule has 144 valence electrons. The lowest BCUT2D eigenvalue weighted by Gasteiger charge is -2.17. The summed E-state index contributed by atoms with van der Waals surface area (Å²) in [6.45, 7) is 7.09. The lowest BCUT2D eigenvalue weighted by atomic mass is 9.90. The molecule has 1 aliphatic carbocycles. The van der Waals surface area contributed by atoms with E-state index in [2.05, 4.69) is 10.5 Å². The molecule has 1 aliphatic rings. The Kier molecular flexibility index (Phi) is 8.25. The van der Waals surface area contributed by atoms with Crippen LogP contribution in [0.15, 0.2) is 17.2 Å². The second kappa shape index (κ2) is 10.7. The van der Waals surface area contributed by atoms with Gasteiger partial charge in [-0.15, -0.1) is 0 Å². The summed E-state index contributed by atoms with van der Waals surface area (Å²) in [5, 5.41) is 4.14. The zero-order valence-electron chi connectivity index (χ0n) is 16.0. The van der Waals surface area contributed by atoms with Gasteiger partial charge in [0.05, 0.1) is 19.8 Å². The van der Waals surface area contributed by atoms with Gasteiger partial charge >= 0.3 is 0 Å². The minimum atomic E-state index is -0.290. The van der Waals surface area contributed by atoms with E-state index in [1.807, 2.05) is 27.0 Å². The van der Waals surface area contributed by atoms with E-state index in [-0.39, 0.29) is 5.91 Å². The molecule has 0 saturated heterocycles. The number of benzene rings is 1. The SMILES string of the molecule is CCOc1cc(C(=O)N/N=C\C2CCCCC2)cc(OCC)c1OCC. The van der Waals surface area contributed by atoms with Crippen LogP contribution in [-0.4, -0.2) is 31.9 Å². The largest absolute Gasteiger partial charge is 0.490 e. The number of carbonyl (C=O) groups is 1. The van der Waals surface area contributed by atoms with Crippen molar-refractivity contribution in [1.29, 1.82) is 0 Å². The zero-order chi connectivity index (χ0) is 18.8. The first kappa shape index (κ1) is 20.1. The zero-order valence-corrected chi connectivity index (χ0v) is 16.0. The van der Waals surface area contributed by atoms with Gasteiger partial charge in [0.2, 0.25) is 5.75 Å². The molecule has 6 heteroatoms. The molecule has 1 N–H and O–H groups in total. The Bertz CT molecular complexity index is 583. The molecule has 6 nitrogen and oxygen atoms in total. The highest BCUT2D eigenvalue weighted by molar-refractivity contribution is 5.95. The third-order valence-corrected chi connectivity index (χ3v) is 4.27. The molecule has 0 aromatic heterocycles. The summed E-state index contributed by atoms with van der Waals surface area (Å²) >= 11 is 0. The van der Waals surface area contributed by atoms with Gasteiger partial charge in [0.1, 0.15) is 0 Å². The molecule has 1 aromatic carbocycles. The van der Waals surface area contributed by atoms with Crippen molar-refractivity contribution in [2.24, 2.45) is 11.0 Å². The van der Waals surface area contributed by atoms with Gasteiger partial charge in [-0.05, 0) is 51.7 Å². The molecule has 0 atom stereocenters. The fourth-order valence-electron chi connectivity index (χ4n) is 3.07. The lowest BCUT2D eigenvalue weighted by molar-refractivity contribution is 0.0953. The molecule has 1 fully saturated rings. The minimum absolute atomic E-state index is 0.290. The summed E-state index contributed by atoms with van der Waals surface area (Å²) in [4.78, 5) is 12.5. The Morgan fingerprint density at radius 2 is 1.62 bits per heavy atom. The summed E-state index contributed by atoms with van der Waals surface area (Å²) in [5.74, 6) is 1.70. The van der Waals surface area contributed by atoms with Crippen LogP contribution in [0.3, 0.4) is 0 Å². The molecule has 0 spiro atoms. The van der Waals surface area contributed by atoms with Crippen LogP contribution in [0.5, 0.6) is 17.2 Å². The number of nitrogens with one attached hydrogen (secondary N) is 1. The Balaban J connectivity index is 2.15. The van der Waals surface area contributed by atoms with Crippen LogP contribution in [0.4, 0.5) is 0 Å². The molecule has 0 aliphatic heterocycles. The highest BCUT2D eigenvalue weighted by atomic mass is 16.5. The second-order valence-corrected chi connectivity index (χ2v) is 6.22. The van der Waals surface area contributed by atoms with E-state index in [1.165, 1.54) is 19.3 Å². The quantitative estimate of drug-likeness (QED) is 0.528. The van der Waals surface area contributed by atoms with Gasteiger partial charge in [-0.2, -0.15) is 5.10 Å². The number of hydrogen-bond donors (Lipinski definition) is 1. The first-order valence-corrected chi connectivity index (χ1v) is 9.59.